The third-order valence-corrected chi connectivity index (χ3v) is 8.08. The predicted octanol–water partition coefficient (Wildman–Crippen LogP) is 8.43. The Hall–Kier alpha value is -2.32. The van der Waals surface area contributed by atoms with Crippen LogP contribution in [0.2, 0.25) is 0 Å². The van der Waals surface area contributed by atoms with Gasteiger partial charge in [-0.05, 0) is 57.8 Å². The molecule has 0 heterocycles. The van der Waals surface area contributed by atoms with Crippen molar-refractivity contribution in [2.45, 2.75) is 116 Å². The Morgan fingerprint density at radius 1 is 0.750 bits per heavy atom. The first kappa shape index (κ1) is 45.7. The van der Waals surface area contributed by atoms with E-state index in [9.17, 15) is 19.4 Å². The number of hydrogen-bond donors (Lipinski definition) is 2. The standard InChI is InChI=1S/C39H67N2O6P/c1-6-8-10-12-14-16-18-19-20-21-23-25-27-29-31-33-39(43)40-37(36-47-48(44,45)46-35-34-41(3,4)5)38(42)32-30-28-26-24-22-17-15-13-11-9-7-2/h8,10,14,16,19-20,22-25,29-32,37-38,42H,6-7,9,11-13,15,17-18,21,26-28,33-36H2,1-5H3,(H-,40,43,44,45)/b10-8-,16-14-,20-19-,24-22+,25-23-,31-29-,32-30+. The monoisotopic (exact) mass is 690 g/mol. The van der Waals surface area contributed by atoms with Crippen LogP contribution in [0.1, 0.15) is 104 Å². The number of amides is 1. The summed E-state index contributed by atoms with van der Waals surface area (Å²) >= 11 is 0. The molecule has 0 aromatic rings. The Kier molecular flexibility index (Phi) is 29.2. The highest BCUT2D eigenvalue weighted by Gasteiger charge is 2.22. The third-order valence-electron chi connectivity index (χ3n) is 7.12. The van der Waals surface area contributed by atoms with Gasteiger partial charge in [-0.2, -0.15) is 0 Å². The van der Waals surface area contributed by atoms with Crippen molar-refractivity contribution in [3.05, 3.63) is 85.1 Å². The molecular formula is C39H67N2O6P. The van der Waals surface area contributed by atoms with Gasteiger partial charge < -0.3 is 28.8 Å². The minimum absolute atomic E-state index is 0.0277. The topological polar surface area (TPSA) is 108 Å². The number of unbranched alkanes of at least 4 members (excludes halogenated alkanes) is 6. The Morgan fingerprint density at radius 3 is 1.88 bits per heavy atom. The molecule has 48 heavy (non-hydrogen) atoms. The molecule has 0 saturated heterocycles. The molecule has 3 atom stereocenters. The summed E-state index contributed by atoms with van der Waals surface area (Å²) < 4.78 is 22.9. The van der Waals surface area contributed by atoms with Crippen LogP contribution in [0.15, 0.2) is 85.1 Å². The fourth-order valence-electron chi connectivity index (χ4n) is 4.23. The van der Waals surface area contributed by atoms with E-state index in [0.717, 1.165) is 44.9 Å². The molecule has 8 nitrogen and oxygen atoms in total. The van der Waals surface area contributed by atoms with Crippen LogP contribution < -0.4 is 10.2 Å². The van der Waals surface area contributed by atoms with Gasteiger partial charge in [0.2, 0.25) is 5.91 Å². The summed E-state index contributed by atoms with van der Waals surface area (Å²) in [6.07, 6.45) is 40.9. The Morgan fingerprint density at radius 2 is 1.29 bits per heavy atom. The number of nitrogens with zero attached hydrogens (tertiary/aromatic N) is 1. The van der Waals surface area contributed by atoms with Gasteiger partial charge in [0.15, 0.2) is 0 Å². The van der Waals surface area contributed by atoms with Gasteiger partial charge in [-0.3, -0.25) is 9.36 Å². The quantitative estimate of drug-likeness (QED) is 0.0339. The second-order valence-corrected chi connectivity index (χ2v) is 14.3. The molecular weight excluding hydrogens is 623 g/mol. The lowest BCUT2D eigenvalue weighted by atomic mass is 10.1. The second-order valence-electron chi connectivity index (χ2n) is 12.8. The number of phosphoric ester groups is 1. The highest BCUT2D eigenvalue weighted by Crippen LogP contribution is 2.38. The van der Waals surface area contributed by atoms with Crippen molar-refractivity contribution in [3.8, 4) is 0 Å². The van der Waals surface area contributed by atoms with Crippen molar-refractivity contribution < 1.29 is 32.9 Å². The molecule has 0 aliphatic heterocycles. The molecule has 0 aromatic carbocycles. The predicted molar refractivity (Wildman–Crippen MR) is 200 cm³/mol. The van der Waals surface area contributed by atoms with Gasteiger partial charge >= 0.3 is 0 Å². The van der Waals surface area contributed by atoms with Gasteiger partial charge in [0.1, 0.15) is 13.2 Å². The molecule has 0 bridgehead atoms. The van der Waals surface area contributed by atoms with E-state index < -0.39 is 26.6 Å². The zero-order valence-electron chi connectivity index (χ0n) is 30.6. The summed E-state index contributed by atoms with van der Waals surface area (Å²) in [5.41, 5.74) is 0. The van der Waals surface area contributed by atoms with E-state index in [0.29, 0.717) is 17.4 Å². The summed E-state index contributed by atoms with van der Waals surface area (Å²) in [7, 11) is 1.17. The molecule has 1 amide bonds. The molecule has 0 saturated carbocycles. The van der Waals surface area contributed by atoms with Crippen molar-refractivity contribution in [1.82, 2.24) is 5.32 Å². The van der Waals surface area contributed by atoms with E-state index in [1.54, 1.807) is 12.2 Å². The number of allylic oxidation sites excluding steroid dienone is 12. The maximum atomic E-state index is 12.7. The zero-order chi connectivity index (χ0) is 35.8. The van der Waals surface area contributed by atoms with Crippen molar-refractivity contribution >= 4 is 13.7 Å². The number of carbonyl (C=O) groups excluding carboxylic acids is 1. The van der Waals surface area contributed by atoms with Crippen LogP contribution in [-0.2, 0) is 18.4 Å². The maximum Gasteiger partial charge on any atom is 0.268 e. The van der Waals surface area contributed by atoms with Gasteiger partial charge in [0.25, 0.3) is 7.82 Å². The molecule has 0 radical (unpaired) electrons. The third kappa shape index (κ3) is 32.2. The number of likely N-dealkylation sites (N-methyl/N-ethyl adjacent to an activating group) is 1. The summed E-state index contributed by atoms with van der Waals surface area (Å²) in [5.74, 6) is -0.342. The molecule has 0 aliphatic carbocycles. The van der Waals surface area contributed by atoms with Crippen LogP contribution >= 0.6 is 7.82 Å². The molecule has 0 fully saturated rings. The van der Waals surface area contributed by atoms with Crippen LogP contribution in [0.25, 0.3) is 0 Å². The first-order chi connectivity index (χ1) is 23.0. The Balaban J connectivity index is 4.81. The lowest BCUT2D eigenvalue weighted by Gasteiger charge is -2.29. The van der Waals surface area contributed by atoms with Crippen molar-refractivity contribution in [2.75, 3.05) is 40.9 Å². The molecule has 0 aliphatic rings. The largest absolute Gasteiger partial charge is 0.756 e. The van der Waals surface area contributed by atoms with Gasteiger partial charge in [-0.25, -0.2) is 0 Å². The average Bonchev–Trinajstić information content (AvgIpc) is 3.02. The van der Waals surface area contributed by atoms with E-state index in [1.165, 1.54) is 32.1 Å². The van der Waals surface area contributed by atoms with Crippen LogP contribution in [0.4, 0.5) is 0 Å². The van der Waals surface area contributed by atoms with E-state index in [-0.39, 0.29) is 18.9 Å². The SMILES string of the molecule is CC/C=C\C/C=C\C/C=C\C/C=C\C/C=C\CC(=O)NC(COP(=O)([O-])OCC[N+](C)(C)C)C(O)/C=C/CC/C=C/CCCCCCC. The van der Waals surface area contributed by atoms with Gasteiger partial charge in [0, 0.05) is 6.42 Å². The number of aliphatic hydroxyl groups is 1. The first-order valence-electron chi connectivity index (χ1n) is 17.9. The Bertz CT molecular complexity index is 1060. The van der Waals surface area contributed by atoms with Crippen LogP contribution in [0.3, 0.4) is 0 Å². The molecule has 3 unspecified atom stereocenters. The number of aliphatic hydroxyl groups excluding tert-OH is 1. The molecule has 2 N–H and O–H groups in total. The maximum absolute atomic E-state index is 12.7. The van der Waals surface area contributed by atoms with Gasteiger partial charge in [0.05, 0.1) is 39.9 Å². The minimum Gasteiger partial charge on any atom is -0.756 e. The van der Waals surface area contributed by atoms with Gasteiger partial charge in [-0.15, -0.1) is 0 Å². The summed E-state index contributed by atoms with van der Waals surface area (Å²) in [4.78, 5) is 25.0. The number of nitrogens with one attached hydrogen (secondary N) is 1. The fourth-order valence-corrected chi connectivity index (χ4v) is 4.95. The second kappa shape index (κ2) is 30.7. The first-order valence-corrected chi connectivity index (χ1v) is 19.4. The van der Waals surface area contributed by atoms with Crippen LogP contribution in [0.5, 0.6) is 0 Å². The number of quaternary nitrogens is 1. The van der Waals surface area contributed by atoms with E-state index in [1.807, 2.05) is 39.4 Å². The van der Waals surface area contributed by atoms with E-state index >= 15 is 0 Å². The normalized spacial score (nSPS) is 15.7. The highest BCUT2D eigenvalue weighted by molar-refractivity contribution is 7.45. The highest BCUT2D eigenvalue weighted by atomic mass is 31.2. The average molecular weight is 691 g/mol. The molecule has 9 heteroatoms. The smallest absolute Gasteiger partial charge is 0.268 e. The van der Waals surface area contributed by atoms with Crippen LogP contribution in [-0.4, -0.2) is 68.5 Å². The number of rotatable bonds is 30. The van der Waals surface area contributed by atoms with Crippen molar-refractivity contribution in [2.24, 2.45) is 0 Å². The summed E-state index contributed by atoms with van der Waals surface area (Å²) in [6.45, 7) is 4.35. The minimum atomic E-state index is -4.61. The molecule has 0 spiro atoms. The van der Waals surface area contributed by atoms with Gasteiger partial charge in [-0.1, -0.05) is 125 Å². The Labute approximate surface area is 293 Å². The molecule has 274 valence electrons. The lowest BCUT2D eigenvalue weighted by molar-refractivity contribution is -0.870. The molecule has 0 aromatic heterocycles. The van der Waals surface area contributed by atoms with E-state index in [4.69, 9.17) is 9.05 Å². The zero-order valence-corrected chi connectivity index (χ0v) is 31.5. The van der Waals surface area contributed by atoms with Crippen molar-refractivity contribution in [3.63, 3.8) is 0 Å². The van der Waals surface area contributed by atoms with E-state index in [2.05, 4.69) is 73.8 Å². The fraction of sp³-hybridized carbons (Fsp3) is 0.615. The number of carbonyl (C=O) groups is 1. The van der Waals surface area contributed by atoms with Crippen molar-refractivity contribution in [1.29, 1.82) is 0 Å². The van der Waals surface area contributed by atoms with Crippen LogP contribution in [0, 0.1) is 0 Å². The molecule has 0 rings (SSSR count). The summed E-state index contributed by atoms with van der Waals surface area (Å²) in [6, 6.07) is -0.959. The lowest BCUT2D eigenvalue weighted by Crippen LogP contribution is -2.45. The summed E-state index contributed by atoms with van der Waals surface area (Å²) in [5, 5.41) is 13.5. The number of phosphoric acid groups is 1. The number of hydrogen-bond acceptors (Lipinski definition) is 6.